The molecular formula is C16H8BrF7O5. The summed E-state index contributed by atoms with van der Waals surface area (Å²) in [5, 5.41) is 9.24. The molecule has 0 radical (unpaired) electrons. The molecule has 0 amide bonds. The Morgan fingerprint density at radius 2 is 1.55 bits per heavy atom. The van der Waals surface area contributed by atoms with Gasteiger partial charge in [-0.05, 0) is 40.2 Å². The van der Waals surface area contributed by atoms with Gasteiger partial charge < -0.3 is 19.3 Å². The fourth-order valence-electron chi connectivity index (χ4n) is 2.17. The average molecular weight is 493 g/mol. The van der Waals surface area contributed by atoms with E-state index in [4.69, 9.17) is 4.74 Å². The first kappa shape index (κ1) is 22.6. The van der Waals surface area contributed by atoms with Crippen LogP contribution in [0.1, 0.15) is 15.9 Å². The number of rotatable bonds is 5. The van der Waals surface area contributed by atoms with E-state index in [-0.39, 0.29) is 0 Å². The third-order valence-electron chi connectivity index (χ3n) is 3.30. The highest BCUT2D eigenvalue weighted by molar-refractivity contribution is 9.10. The Morgan fingerprint density at radius 1 is 1.00 bits per heavy atom. The molecule has 29 heavy (non-hydrogen) atoms. The van der Waals surface area contributed by atoms with Crippen molar-refractivity contribution in [3.63, 3.8) is 0 Å². The molecule has 0 spiro atoms. The van der Waals surface area contributed by atoms with Crippen LogP contribution in [0.4, 0.5) is 30.7 Å². The molecule has 0 bridgehead atoms. The summed E-state index contributed by atoms with van der Waals surface area (Å²) in [7, 11) is 0.878. The number of methoxy groups -OCH3 is 1. The number of alkyl halides is 6. The summed E-state index contributed by atoms with van der Waals surface area (Å²) in [6.07, 6.45) is -10.1. The Balaban J connectivity index is 2.55. The Bertz CT molecular complexity index is 941. The van der Waals surface area contributed by atoms with Crippen molar-refractivity contribution in [1.29, 1.82) is 0 Å². The first-order chi connectivity index (χ1) is 13.3. The number of halogens is 8. The quantitative estimate of drug-likeness (QED) is 0.518. The minimum Gasteiger partial charge on any atom is -0.490 e. The van der Waals surface area contributed by atoms with Crippen molar-refractivity contribution >= 4 is 21.9 Å². The molecule has 13 heteroatoms. The van der Waals surface area contributed by atoms with Crippen molar-refractivity contribution in [2.45, 2.75) is 12.5 Å². The number of aromatic carboxylic acids is 1. The second-order valence-electron chi connectivity index (χ2n) is 5.16. The lowest BCUT2D eigenvalue weighted by atomic mass is 10.1. The number of carboxylic acids is 1. The number of hydrogen-bond acceptors (Lipinski definition) is 4. The van der Waals surface area contributed by atoms with Gasteiger partial charge in [0.05, 0.1) is 12.7 Å². The number of hydrogen-bond donors (Lipinski definition) is 1. The highest BCUT2D eigenvalue weighted by Gasteiger charge is 2.37. The number of carbonyl (C=O) groups is 1. The summed E-state index contributed by atoms with van der Waals surface area (Å²) in [6, 6.07) is 2.46. The van der Waals surface area contributed by atoms with Gasteiger partial charge in [0.15, 0.2) is 11.5 Å². The fourth-order valence-corrected chi connectivity index (χ4v) is 2.90. The first-order valence-electron chi connectivity index (χ1n) is 7.19. The van der Waals surface area contributed by atoms with Gasteiger partial charge >= 0.3 is 18.5 Å². The van der Waals surface area contributed by atoms with Crippen molar-refractivity contribution in [3.8, 4) is 23.0 Å². The second kappa shape index (κ2) is 7.97. The molecule has 0 aliphatic heterocycles. The molecule has 0 aromatic heterocycles. The van der Waals surface area contributed by atoms with E-state index in [1.54, 1.807) is 0 Å². The maximum absolute atomic E-state index is 14.2. The molecule has 0 saturated heterocycles. The van der Waals surface area contributed by atoms with Gasteiger partial charge in [0.2, 0.25) is 11.6 Å². The standard InChI is InChI=1S/C16H8BrF7O5/c1-27-13-9(5-4-8(12(13)18)29-16(22,23)24)28-7-3-2-6(15(19,20)21)11(17)10(7)14(25)26/h2-5H,1H3,(H,25,26). The van der Waals surface area contributed by atoms with Crippen LogP contribution in [0.2, 0.25) is 0 Å². The Labute approximate surface area is 165 Å². The molecule has 2 rings (SSSR count). The molecule has 2 aromatic rings. The van der Waals surface area contributed by atoms with E-state index in [0.717, 1.165) is 13.2 Å². The molecule has 2 aromatic carbocycles. The predicted molar refractivity (Wildman–Crippen MR) is 85.8 cm³/mol. The summed E-state index contributed by atoms with van der Waals surface area (Å²) < 4.78 is 102. The molecule has 5 nitrogen and oxygen atoms in total. The van der Waals surface area contributed by atoms with Gasteiger partial charge in [-0.25, -0.2) is 4.79 Å². The molecule has 0 unspecified atom stereocenters. The van der Waals surface area contributed by atoms with Crippen LogP contribution in [0.25, 0.3) is 0 Å². The van der Waals surface area contributed by atoms with Gasteiger partial charge in [-0.2, -0.15) is 17.6 Å². The zero-order valence-electron chi connectivity index (χ0n) is 13.9. The van der Waals surface area contributed by atoms with Gasteiger partial charge in [-0.15, -0.1) is 13.2 Å². The molecule has 0 saturated carbocycles. The SMILES string of the molecule is COc1c(Oc2ccc(C(F)(F)F)c(Br)c2C(=O)O)ccc(OC(F)(F)F)c1F. The van der Waals surface area contributed by atoms with Crippen molar-refractivity contribution in [2.24, 2.45) is 0 Å². The lowest BCUT2D eigenvalue weighted by Crippen LogP contribution is -2.18. The van der Waals surface area contributed by atoms with Crippen LogP contribution in [0.3, 0.4) is 0 Å². The summed E-state index contributed by atoms with van der Waals surface area (Å²) >= 11 is 2.55. The zero-order valence-corrected chi connectivity index (χ0v) is 15.5. The van der Waals surface area contributed by atoms with E-state index in [1.165, 1.54) is 0 Å². The van der Waals surface area contributed by atoms with Crippen LogP contribution < -0.4 is 14.2 Å². The topological polar surface area (TPSA) is 65.0 Å². The van der Waals surface area contributed by atoms with Gasteiger partial charge in [-0.1, -0.05) is 0 Å². The Kier molecular flexibility index (Phi) is 6.21. The van der Waals surface area contributed by atoms with Gasteiger partial charge in [-0.3, -0.25) is 0 Å². The van der Waals surface area contributed by atoms with Crippen LogP contribution >= 0.6 is 15.9 Å². The largest absolute Gasteiger partial charge is 0.573 e. The van der Waals surface area contributed by atoms with E-state index < -0.39 is 62.9 Å². The van der Waals surface area contributed by atoms with Crippen LogP contribution in [0.5, 0.6) is 23.0 Å². The van der Waals surface area contributed by atoms with Gasteiger partial charge in [0, 0.05) is 4.47 Å². The second-order valence-corrected chi connectivity index (χ2v) is 5.96. The van der Waals surface area contributed by atoms with Crippen molar-refractivity contribution in [1.82, 2.24) is 0 Å². The monoisotopic (exact) mass is 492 g/mol. The summed E-state index contributed by atoms with van der Waals surface area (Å²) in [6.45, 7) is 0. The van der Waals surface area contributed by atoms with Crippen LogP contribution in [0.15, 0.2) is 28.7 Å². The van der Waals surface area contributed by atoms with Crippen molar-refractivity contribution in [2.75, 3.05) is 7.11 Å². The van der Waals surface area contributed by atoms with Crippen molar-refractivity contribution < 1.29 is 54.8 Å². The summed E-state index contributed by atoms with van der Waals surface area (Å²) in [4.78, 5) is 11.4. The molecule has 0 heterocycles. The normalized spacial score (nSPS) is 11.9. The van der Waals surface area contributed by atoms with Crippen molar-refractivity contribution in [3.05, 3.63) is 45.7 Å². The van der Waals surface area contributed by atoms with E-state index in [2.05, 4.69) is 25.4 Å². The summed E-state index contributed by atoms with van der Waals surface area (Å²) in [5.74, 6) is -6.83. The molecule has 158 valence electrons. The molecule has 0 aliphatic carbocycles. The molecule has 0 atom stereocenters. The smallest absolute Gasteiger partial charge is 0.490 e. The number of carboxylic acid groups (broad SMARTS) is 1. The minimum absolute atomic E-state index is 0.510. The van der Waals surface area contributed by atoms with E-state index in [0.29, 0.717) is 18.2 Å². The highest BCUT2D eigenvalue weighted by atomic mass is 79.9. The minimum atomic E-state index is -5.21. The molecule has 0 aliphatic rings. The third kappa shape index (κ3) is 5.02. The lowest BCUT2D eigenvalue weighted by Gasteiger charge is -2.17. The van der Waals surface area contributed by atoms with Crippen LogP contribution in [-0.4, -0.2) is 24.5 Å². The number of ether oxygens (including phenoxy) is 3. The van der Waals surface area contributed by atoms with Crippen LogP contribution in [-0.2, 0) is 6.18 Å². The zero-order chi connectivity index (χ0) is 22.1. The van der Waals surface area contributed by atoms with Gasteiger partial charge in [0.1, 0.15) is 11.3 Å². The Morgan fingerprint density at radius 3 is 2.03 bits per heavy atom. The lowest BCUT2D eigenvalue weighted by molar-refractivity contribution is -0.275. The maximum atomic E-state index is 14.2. The van der Waals surface area contributed by atoms with E-state index in [9.17, 15) is 40.6 Å². The highest BCUT2D eigenvalue weighted by Crippen LogP contribution is 2.44. The number of benzene rings is 2. The average Bonchev–Trinajstić information content (AvgIpc) is 2.55. The first-order valence-corrected chi connectivity index (χ1v) is 7.98. The fraction of sp³-hybridized carbons (Fsp3) is 0.188. The third-order valence-corrected chi connectivity index (χ3v) is 4.12. The summed E-state index contributed by atoms with van der Waals surface area (Å²) in [5.41, 5.74) is -2.26. The molecular weight excluding hydrogens is 485 g/mol. The molecule has 1 N–H and O–H groups in total. The van der Waals surface area contributed by atoms with E-state index >= 15 is 0 Å². The van der Waals surface area contributed by atoms with E-state index in [1.807, 2.05) is 0 Å². The molecule has 0 fully saturated rings. The van der Waals surface area contributed by atoms with Gasteiger partial charge in [0.25, 0.3) is 0 Å². The Hall–Kier alpha value is -2.70. The maximum Gasteiger partial charge on any atom is 0.573 e. The predicted octanol–water partition coefficient (Wildman–Crippen LogP) is 6.00. The van der Waals surface area contributed by atoms with Crippen LogP contribution in [0, 0.1) is 5.82 Å².